The van der Waals surface area contributed by atoms with E-state index >= 15 is 0 Å². The van der Waals surface area contributed by atoms with Crippen molar-refractivity contribution in [1.82, 2.24) is 9.88 Å². The van der Waals surface area contributed by atoms with Crippen molar-refractivity contribution in [3.63, 3.8) is 0 Å². The molecule has 3 heterocycles. The van der Waals surface area contributed by atoms with Crippen LogP contribution in [0.2, 0.25) is 0 Å². The third-order valence-corrected chi connectivity index (χ3v) is 9.62. The van der Waals surface area contributed by atoms with Gasteiger partial charge in [0.15, 0.2) is 0 Å². The van der Waals surface area contributed by atoms with Gasteiger partial charge in [-0.25, -0.2) is 9.78 Å². The Bertz CT molecular complexity index is 1670. The van der Waals surface area contributed by atoms with Gasteiger partial charge in [0.1, 0.15) is 21.9 Å². The van der Waals surface area contributed by atoms with Crippen LogP contribution < -0.4 is 5.43 Å². The molecule has 0 amide bonds. The van der Waals surface area contributed by atoms with Crippen molar-refractivity contribution in [2.45, 2.75) is 72.9 Å². The molecule has 0 radical (unpaired) electrons. The molecule has 1 saturated heterocycles. The van der Waals surface area contributed by atoms with E-state index in [0.29, 0.717) is 40.5 Å². The summed E-state index contributed by atoms with van der Waals surface area (Å²) in [5.41, 5.74) is 2.45. The summed E-state index contributed by atoms with van der Waals surface area (Å²) in [7, 11) is 0. The third kappa shape index (κ3) is 4.51. The summed E-state index contributed by atoms with van der Waals surface area (Å²) < 4.78 is 12.6. The first kappa shape index (κ1) is 27.0. The second-order valence-corrected chi connectivity index (χ2v) is 13.6. The van der Waals surface area contributed by atoms with Crippen LogP contribution in [0.25, 0.3) is 31.8 Å². The standard InChI is InChI=1S/C32H36N2O5S/c1-6-18-12-20-26(36)24(29-33-22-10-8-9-11-23(22)40-29)28(30(37)38-7-2)39-27(20)21(25(18)35)15-34-17-32(5)14-19(34)13-31(3,4)16-32/h8-12,19,35H,6-7,13-17H2,1-5H3/t19-,32+/m1/s1. The second kappa shape index (κ2) is 9.70. The Morgan fingerprint density at radius 1 is 1.23 bits per heavy atom. The van der Waals surface area contributed by atoms with Gasteiger partial charge in [0.05, 0.1) is 27.8 Å². The zero-order chi connectivity index (χ0) is 28.4. The van der Waals surface area contributed by atoms with Gasteiger partial charge in [-0.3, -0.25) is 9.69 Å². The second-order valence-electron chi connectivity index (χ2n) is 12.6. The van der Waals surface area contributed by atoms with Crippen molar-refractivity contribution in [2.24, 2.45) is 10.8 Å². The number of nitrogens with zero attached hydrogens (tertiary/aromatic N) is 2. The predicted octanol–water partition coefficient (Wildman–Crippen LogP) is 6.92. The van der Waals surface area contributed by atoms with Gasteiger partial charge in [0.2, 0.25) is 11.2 Å². The summed E-state index contributed by atoms with van der Waals surface area (Å²) in [4.78, 5) is 34.5. The molecule has 1 aliphatic heterocycles. The number of hydrogen-bond donors (Lipinski definition) is 1. The topological polar surface area (TPSA) is 92.9 Å². The Balaban J connectivity index is 1.56. The summed E-state index contributed by atoms with van der Waals surface area (Å²) in [6.07, 6.45) is 3.90. The highest BCUT2D eigenvalue weighted by Crippen LogP contribution is 2.53. The number of ether oxygens (including phenoxy) is 1. The molecule has 1 N–H and O–H groups in total. The van der Waals surface area contributed by atoms with Crippen LogP contribution in [-0.4, -0.2) is 40.2 Å². The SMILES string of the molecule is CCOC(=O)c1oc2c(CN3C[C@@]4(C)C[C@H]3CC(C)(C)C4)c(O)c(CC)cc2c(=O)c1-c1nc2ccccc2s1. The number of rotatable bonds is 6. The van der Waals surface area contributed by atoms with Gasteiger partial charge < -0.3 is 14.3 Å². The molecule has 1 saturated carbocycles. The summed E-state index contributed by atoms with van der Waals surface area (Å²) >= 11 is 1.34. The monoisotopic (exact) mass is 560 g/mol. The molecule has 2 fully saturated rings. The van der Waals surface area contributed by atoms with Crippen molar-refractivity contribution in [2.75, 3.05) is 13.2 Å². The van der Waals surface area contributed by atoms with Gasteiger partial charge >= 0.3 is 5.97 Å². The summed E-state index contributed by atoms with van der Waals surface area (Å²) in [6.45, 7) is 12.2. The lowest BCUT2D eigenvalue weighted by molar-refractivity contribution is 0.0491. The van der Waals surface area contributed by atoms with E-state index < -0.39 is 5.97 Å². The molecule has 0 unspecified atom stereocenters. The number of likely N-dealkylation sites (tertiary alicyclic amines) is 1. The smallest absolute Gasteiger partial charge is 0.375 e. The zero-order valence-corrected chi connectivity index (χ0v) is 24.6. The number of para-hydroxylation sites is 1. The number of thiazole rings is 1. The van der Waals surface area contributed by atoms with Crippen LogP contribution in [0.15, 0.2) is 39.5 Å². The molecule has 2 aromatic carbocycles. The number of aromatic hydroxyl groups is 1. The highest BCUT2D eigenvalue weighted by Gasteiger charge is 2.49. The summed E-state index contributed by atoms with van der Waals surface area (Å²) in [5, 5.41) is 12.2. The predicted molar refractivity (Wildman–Crippen MR) is 158 cm³/mol. The van der Waals surface area contributed by atoms with Gasteiger partial charge in [-0.15, -0.1) is 11.3 Å². The number of benzene rings is 2. The molecule has 4 aromatic rings. The third-order valence-electron chi connectivity index (χ3n) is 8.56. The molecule has 6 rings (SSSR count). The fraction of sp³-hybridized carbons (Fsp3) is 0.469. The lowest BCUT2D eigenvalue weighted by atomic mass is 9.65. The zero-order valence-electron chi connectivity index (χ0n) is 23.8. The molecule has 7 nitrogen and oxygen atoms in total. The lowest BCUT2D eigenvalue weighted by Gasteiger charge is -2.40. The van der Waals surface area contributed by atoms with Gasteiger partial charge in [-0.2, -0.15) is 0 Å². The van der Waals surface area contributed by atoms with Gasteiger partial charge in [-0.05, 0) is 67.2 Å². The first-order valence-corrected chi connectivity index (χ1v) is 15.0. The first-order valence-electron chi connectivity index (χ1n) is 14.1. The maximum absolute atomic E-state index is 14.2. The minimum absolute atomic E-state index is 0.108. The normalized spacial score (nSPS) is 22.3. The maximum atomic E-state index is 14.2. The molecule has 8 heteroatoms. The minimum atomic E-state index is -0.716. The Kier molecular flexibility index (Phi) is 6.54. The number of fused-ring (bicyclic) bond motifs is 4. The van der Waals surface area contributed by atoms with Crippen LogP contribution in [0.5, 0.6) is 5.75 Å². The van der Waals surface area contributed by atoms with Crippen molar-refractivity contribution in [3.8, 4) is 16.3 Å². The highest BCUT2D eigenvalue weighted by molar-refractivity contribution is 7.21. The highest BCUT2D eigenvalue weighted by atomic mass is 32.1. The van der Waals surface area contributed by atoms with Crippen molar-refractivity contribution >= 4 is 38.5 Å². The number of esters is 1. The number of carbonyl (C=O) groups excluding carboxylic acids is 1. The molecule has 2 atom stereocenters. The molecule has 210 valence electrons. The first-order chi connectivity index (χ1) is 19.0. The van der Waals surface area contributed by atoms with Crippen molar-refractivity contribution < 1.29 is 19.1 Å². The van der Waals surface area contributed by atoms with E-state index in [1.807, 2.05) is 31.2 Å². The van der Waals surface area contributed by atoms with Crippen molar-refractivity contribution in [3.05, 3.63) is 57.4 Å². The molecule has 2 aliphatic rings. The van der Waals surface area contributed by atoms with Crippen LogP contribution in [0.3, 0.4) is 0 Å². The average Bonchev–Trinajstić information content (AvgIpc) is 3.42. The Morgan fingerprint density at radius 3 is 2.73 bits per heavy atom. The minimum Gasteiger partial charge on any atom is -0.507 e. The average molecular weight is 561 g/mol. The number of aryl methyl sites for hydroxylation is 1. The van der Waals surface area contributed by atoms with Crippen LogP contribution in [0.4, 0.5) is 0 Å². The number of hydrogen-bond acceptors (Lipinski definition) is 8. The molecular weight excluding hydrogens is 524 g/mol. The quantitative estimate of drug-likeness (QED) is 0.256. The van der Waals surface area contributed by atoms with Crippen molar-refractivity contribution in [1.29, 1.82) is 0 Å². The fourth-order valence-corrected chi connectivity index (χ4v) is 8.35. The number of carbonyl (C=O) groups is 1. The maximum Gasteiger partial charge on any atom is 0.375 e. The van der Waals surface area contributed by atoms with Crippen LogP contribution in [0, 0.1) is 10.8 Å². The van der Waals surface area contributed by atoms with E-state index in [2.05, 4.69) is 30.7 Å². The summed E-state index contributed by atoms with van der Waals surface area (Å²) in [5.74, 6) is -0.754. The molecule has 2 aromatic heterocycles. The Morgan fingerprint density at radius 2 is 2.00 bits per heavy atom. The lowest BCUT2D eigenvalue weighted by Crippen LogP contribution is -2.34. The van der Waals surface area contributed by atoms with Crippen LogP contribution in [0.1, 0.15) is 75.6 Å². The number of phenols is 1. The van der Waals surface area contributed by atoms with Gasteiger partial charge in [-0.1, -0.05) is 39.8 Å². The molecule has 0 spiro atoms. The van der Waals surface area contributed by atoms with Crippen LogP contribution in [-0.2, 0) is 17.7 Å². The Hall–Kier alpha value is -3.23. The largest absolute Gasteiger partial charge is 0.507 e. The van der Waals surface area contributed by atoms with Gasteiger partial charge in [0.25, 0.3) is 0 Å². The molecule has 40 heavy (non-hydrogen) atoms. The van der Waals surface area contributed by atoms with E-state index in [9.17, 15) is 14.7 Å². The van der Waals surface area contributed by atoms with E-state index in [1.54, 1.807) is 13.0 Å². The van der Waals surface area contributed by atoms with E-state index in [-0.39, 0.29) is 45.5 Å². The molecule has 2 bridgehead atoms. The fourth-order valence-electron chi connectivity index (χ4n) is 7.34. The van der Waals surface area contributed by atoms with E-state index in [4.69, 9.17) is 9.15 Å². The number of aromatic nitrogens is 1. The molecule has 1 aliphatic carbocycles. The molecular formula is C32H36N2O5S. The van der Waals surface area contributed by atoms with Gasteiger partial charge in [0, 0.05) is 19.1 Å². The van der Waals surface area contributed by atoms with Crippen LogP contribution >= 0.6 is 11.3 Å². The van der Waals surface area contributed by atoms with E-state index in [1.165, 1.54) is 11.3 Å². The Labute approximate surface area is 237 Å². The summed E-state index contributed by atoms with van der Waals surface area (Å²) in [6, 6.07) is 9.70. The number of phenolic OH excluding ortho intramolecular Hbond substituents is 1. The van der Waals surface area contributed by atoms with E-state index in [0.717, 1.165) is 36.0 Å².